The Kier molecular flexibility index (Phi) is 5.32. The lowest BCUT2D eigenvalue weighted by Gasteiger charge is -2.16. The summed E-state index contributed by atoms with van der Waals surface area (Å²) >= 11 is 0. The molecule has 0 aromatic heterocycles. The number of nitrogens with zero attached hydrogens (tertiary/aromatic N) is 3. The maximum atomic E-state index is 14.3. The number of ether oxygens (including phenoxy) is 1. The fraction of sp³-hybridized carbons (Fsp3) is 0.263. The minimum absolute atomic E-state index is 0.0178. The number of alkyl halides is 1. The molecule has 3 atom stereocenters. The smallest absolute Gasteiger partial charge is 0.193 e. The second kappa shape index (κ2) is 7.55. The molecule has 1 aliphatic carbocycles. The Morgan fingerprint density at radius 2 is 2.11 bits per heavy atom. The van der Waals surface area contributed by atoms with E-state index < -0.39 is 27.8 Å². The molecule has 0 bridgehead atoms. The maximum absolute atomic E-state index is 14.3. The lowest BCUT2D eigenvalue weighted by molar-refractivity contribution is 0.0907. The highest BCUT2D eigenvalue weighted by Gasteiger charge is 2.38. The van der Waals surface area contributed by atoms with Crippen LogP contribution in [0, 0.1) is 19.0 Å². The minimum atomic E-state index is -3.16. The van der Waals surface area contributed by atoms with E-state index in [2.05, 4.69) is 14.3 Å². The Morgan fingerprint density at radius 1 is 1.36 bits per heavy atom. The van der Waals surface area contributed by atoms with Crippen molar-refractivity contribution in [3.05, 3.63) is 70.2 Å². The molecule has 0 saturated carbocycles. The van der Waals surface area contributed by atoms with E-state index in [0.717, 1.165) is 12.1 Å². The molecule has 6 nitrogen and oxygen atoms in total. The van der Waals surface area contributed by atoms with Gasteiger partial charge in [0.15, 0.2) is 15.4 Å². The van der Waals surface area contributed by atoms with Crippen LogP contribution in [0.3, 0.4) is 0 Å². The number of aliphatic hydroxyl groups excluding tert-OH is 1. The maximum Gasteiger partial charge on any atom is 0.193 e. The molecule has 2 aromatic rings. The van der Waals surface area contributed by atoms with E-state index in [9.17, 15) is 18.1 Å². The number of hydrogen-bond donors (Lipinski definition) is 1. The lowest BCUT2D eigenvalue weighted by atomic mass is 10.1. The van der Waals surface area contributed by atoms with Crippen LogP contribution in [0.4, 0.5) is 14.5 Å². The van der Waals surface area contributed by atoms with E-state index in [-0.39, 0.29) is 45.4 Å². The van der Waals surface area contributed by atoms with Gasteiger partial charge in [-0.15, -0.1) is 4.95 Å². The third kappa shape index (κ3) is 3.42. The van der Waals surface area contributed by atoms with Crippen LogP contribution in [0.1, 0.15) is 24.2 Å². The molecule has 0 amide bonds. The summed E-state index contributed by atoms with van der Waals surface area (Å²) in [6, 6.07) is 6.27. The van der Waals surface area contributed by atoms with Gasteiger partial charge < -0.3 is 9.84 Å². The van der Waals surface area contributed by atoms with E-state index in [4.69, 9.17) is 17.9 Å². The molecule has 9 heteroatoms. The molecule has 28 heavy (non-hydrogen) atoms. The number of halogens is 2. The van der Waals surface area contributed by atoms with Crippen molar-refractivity contribution in [2.45, 2.75) is 30.5 Å². The zero-order valence-electron chi connectivity index (χ0n) is 14.7. The summed E-state index contributed by atoms with van der Waals surface area (Å²) in [5, 5.41) is 10.3. The summed E-state index contributed by atoms with van der Waals surface area (Å²) < 4.78 is 50.1. The molecule has 0 radical (unpaired) electrons. The quantitative estimate of drug-likeness (QED) is 0.590. The molecular weight excluding hydrogens is 388 g/mol. The highest BCUT2D eigenvalue weighted by Crippen LogP contribution is 2.44. The van der Waals surface area contributed by atoms with Crippen LogP contribution in [-0.2, 0) is 16.1 Å². The predicted octanol–water partition coefficient (Wildman–Crippen LogP) is 4.78. The number of rotatable bonds is 4. The van der Waals surface area contributed by atoms with E-state index >= 15 is 0 Å². The average Bonchev–Trinajstić information content (AvgIpc) is 2.97. The molecule has 3 rings (SSSR count). The van der Waals surface area contributed by atoms with Gasteiger partial charge in [0, 0.05) is 29.4 Å². The Hall–Kier alpha value is -3.01. The highest BCUT2D eigenvalue weighted by molar-refractivity contribution is 7.93. The zero-order chi connectivity index (χ0) is 20.5. The molecule has 0 spiro atoms. The number of fused-ring (bicyclic) bond motifs is 1. The van der Waals surface area contributed by atoms with E-state index in [0.29, 0.717) is 0 Å². The first-order chi connectivity index (χ1) is 13.3. The summed E-state index contributed by atoms with van der Waals surface area (Å²) in [4.78, 5) is 6.13. The molecule has 0 aliphatic heterocycles. The first kappa shape index (κ1) is 19.7. The fourth-order valence-corrected chi connectivity index (χ4v) is 4.66. The van der Waals surface area contributed by atoms with Crippen LogP contribution < -0.4 is 4.74 Å². The Labute approximate surface area is 161 Å². The van der Waals surface area contributed by atoms with Crippen molar-refractivity contribution in [2.24, 2.45) is 4.47 Å². The minimum Gasteiger partial charge on any atom is -0.458 e. The van der Waals surface area contributed by atoms with Gasteiger partial charge in [0.2, 0.25) is 0 Å². The molecule has 1 unspecified atom stereocenters. The Bertz CT molecular complexity index is 1140. The van der Waals surface area contributed by atoms with Gasteiger partial charge in [-0.25, -0.2) is 17.8 Å². The van der Waals surface area contributed by atoms with Gasteiger partial charge in [0.1, 0.15) is 34.1 Å². The first-order valence-corrected chi connectivity index (χ1v) is 9.95. The summed E-state index contributed by atoms with van der Waals surface area (Å²) in [5.41, 5.74) is 0.412. The lowest BCUT2D eigenvalue weighted by Crippen LogP contribution is -2.12. The van der Waals surface area contributed by atoms with Crippen LogP contribution in [0.2, 0.25) is 0 Å². The van der Waals surface area contributed by atoms with Crippen molar-refractivity contribution in [1.82, 2.24) is 0 Å². The number of benzene rings is 2. The van der Waals surface area contributed by atoms with E-state index in [1.54, 1.807) is 6.92 Å². The van der Waals surface area contributed by atoms with E-state index in [1.165, 1.54) is 18.2 Å². The van der Waals surface area contributed by atoms with Crippen molar-refractivity contribution in [1.29, 1.82) is 0 Å². The largest absolute Gasteiger partial charge is 0.458 e. The number of hydrogen-bond acceptors (Lipinski definition) is 4. The van der Waals surface area contributed by atoms with Gasteiger partial charge in [0.05, 0.1) is 11.5 Å². The molecule has 0 fully saturated rings. The van der Waals surface area contributed by atoms with Crippen molar-refractivity contribution >= 4 is 15.4 Å². The summed E-state index contributed by atoms with van der Waals surface area (Å²) in [6.07, 6.45) is -3.37. The van der Waals surface area contributed by atoms with E-state index in [1.807, 2.05) is 0 Å². The van der Waals surface area contributed by atoms with Crippen LogP contribution in [0.25, 0.3) is 9.80 Å². The van der Waals surface area contributed by atoms with Crippen molar-refractivity contribution in [3.8, 4) is 11.5 Å². The molecule has 1 aliphatic rings. The van der Waals surface area contributed by atoms with Crippen molar-refractivity contribution in [3.63, 3.8) is 0 Å². The van der Waals surface area contributed by atoms with Crippen LogP contribution in [0.5, 0.6) is 11.5 Å². The SMILES string of the molecule is [C-]#[N+]N=S(=O)(CC)c1ccc(Oc2cc(F)cc([N+]#[C-])c2)c2c1[C@H](O)[C@H](F)C2. The summed E-state index contributed by atoms with van der Waals surface area (Å²) in [7, 11) is -3.16. The highest BCUT2D eigenvalue weighted by atomic mass is 32.2. The first-order valence-electron chi connectivity index (χ1n) is 8.27. The van der Waals surface area contributed by atoms with Gasteiger partial charge in [-0.1, -0.05) is 6.92 Å². The second-order valence-electron chi connectivity index (χ2n) is 6.09. The summed E-state index contributed by atoms with van der Waals surface area (Å²) in [5.74, 6) is -0.450. The van der Waals surface area contributed by atoms with Crippen molar-refractivity contribution < 1.29 is 22.8 Å². The van der Waals surface area contributed by atoms with Gasteiger partial charge >= 0.3 is 0 Å². The standard InChI is InChI=1S/C19H15F2N3O3S/c1-4-28(26,24-23-3)17-6-5-16(14-10-15(21)19(25)18(14)17)27-13-8-11(20)7-12(9-13)22-2/h5-9,15,19,25H,4,10H2,1H3/t15-,19-,28?/m1/s1. The van der Waals surface area contributed by atoms with Gasteiger partial charge in [-0.2, -0.15) is 6.57 Å². The van der Waals surface area contributed by atoms with Gasteiger partial charge in [-0.3, -0.25) is 0 Å². The topological polar surface area (TPSA) is 67.6 Å². The second-order valence-corrected chi connectivity index (χ2v) is 8.55. The summed E-state index contributed by atoms with van der Waals surface area (Å²) in [6.45, 7) is 15.5. The molecule has 2 aromatic carbocycles. The molecule has 144 valence electrons. The van der Waals surface area contributed by atoms with Crippen LogP contribution >= 0.6 is 0 Å². The third-order valence-corrected chi connectivity index (χ3v) is 6.60. The molecule has 0 saturated heterocycles. The monoisotopic (exact) mass is 403 g/mol. The Morgan fingerprint density at radius 3 is 2.75 bits per heavy atom. The van der Waals surface area contributed by atoms with Crippen molar-refractivity contribution in [2.75, 3.05) is 5.75 Å². The van der Waals surface area contributed by atoms with Gasteiger partial charge in [0.25, 0.3) is 0 Å². The van der Waals surface area contributed by atoms with Gasteiger partial charge in [-0.05, 0) is 24.3 Å². The van der Waals surface area contributed by atoms with Crippen LogP contribution in [-0.4, -0.2) is 21.2 Å². The third-order valence-electron chi connectivity index (χ3n) is 4.43. The average molecular weight is 403 g/mol. The fourth-order valence-electron chi connectivity index (χ4n) is 3.14. The Balaban J connectivity index is 2.16. The predicted molar refractivity (Wildman–Crippen MR) is 98.7 cm³/mol. The molecule has 1 N–H and O–H groups in total. The molecular formula is C19H15F2N3O3S. The molecule has 0 heterocycles. The van der Waals surface area contributed by atoms with Crippen LogP contribution in [0.15, 0.2) is 39.7 Å². The number of aliphatic hydroxyl groups is 1. The normalized spacial score (nSPS) is 19.8. The zero-order valence-corrected chi connectivity index (χ0v) is 15.5.